The number of pyridine rings is 1. The van der Waals surface area contributed by atoms with Gasteiger partial charge in [0.15, 0.2) is 0 Å². The maximum Gasteiger partial charge on any atom is 0.143 e. The molecule has 2 rings (SSSR count). The maximum absolute atomic E-state index is 6.02. The van der Waals surface area contributed by atoms with Crippen molar-refractivity contribution >= 4 is 45.8 Å². The highest BCUT2D eigenvalue weighted by Gasteiger charge is 2.11. The number of hydrogen-bond acceptors (Lipinski definition) is 5. The summed E-state index contributed by atoms with van der Waals surface area (Å²) in [5.41, 5.74) is 5.60. The first-order valence-corrected chi connectivity index (χ1v) is 5.98. The van der Waals surface area contributed by atoms with Gasteiger partial charge in [-0.1, -0.05) is 35.0 Å². The highest BCUT2D eigenvalue weighted by atomic mass is 35.5. The van der Waals surface area contributed by atoms with Crippen LogP contribution in [0.3, 0.4) is 0 Å². The molecule has 1 aliphatic heterocycles. The Hall–Kier alpha value is -0.910. The summed E-state index contributed by atoms with van der Waals surface area (Å²) in [7, 11) is 0. The molecule has 0 aliphatic carbocycles. The van der Waals surface area contributed by atoms with Gasteiger partial charge in [-0.05, 0) is 6.07 Å². The quantitative estimate of drug-likeness (QED) is 0.773. The molecular weight excluding hydrogens is 267 g/mol. The Kier molecular flexibility index (Phi) is 3.58. The Morgan fingerprint density at radius 2 is 2.25 bits per heavy atom. The molecule has 7 heteroatoms. The van der Waals surface area contributed by atoms with Crippen molar-refractivity contribution in [3.05, 3.63) is 28.6 Å². The third kappa shape index (κ3) is 2.61. The van der Waals surface area contributed by atoms with Gasteiger partial charge in [-0.2, -0.15) is 0 Å². The molecule has 1 aromatic rings. The fourth-order valence-electron chi connectivity index (χ4n) is 1.09. The predicted molar refractivity (Wildman–Crippen MR) is 68.9 cm³/mol. The molecule has 1 aromatic heterocycles. The van der Waals surface area contributed by atoms with Crippen LogP contribution < -0.4 is 11.1 Å². The normalized spacial score (nSPS) is 15.1. The predicted octanol–water partition coefficient (Wildman–Crippen LogP) is 2.45. The van der Waals surface area contributed by atoms with E-state index in [1.54, 1.807) is 18.5 Å². The number of nitrogens with one attached hydrogen (secondary N) is 1. The van der Waals surface area contributed by atoms with Gasteiger partial charge >= 0.3 is 0 Å². The van der Waals surface area contributed by atoms with Gasteiger partial charge in [0.2, 0.25) is 0 Å². The van der Waals surface area contributed by atoms with E-state index in [0.717, 1.165) is 9.94 Å². The molecule has 0 radical (unpaired) electrons. The molecule has 1 aliphatic rings. The van der Waals surface area contributed by atoms with Crippen LogP contribution in [0, 0.1) is 0 Å². The van der Waals surface area contributed by atoms with E-state index in [2.05, 4.69) is 15.3 Å². The van der Waals surface area contributed by atoms with Crippen LogP contribution in [0.5, 0.6) is 0 Å². The molecule has 0 saturated heterocycles. The Morgan fingerprint density at radius 3 is 2.94 bits per heavy atom. The number of nitrogens with zero attached hydrogens (tertiary/aromatic N) is 2. The van der Waals surface area contributed by atoms with Crippen molar-refractivity contribution < 1.29 is 0 Å². The lowest BCUT2D eigenvalue weighted by Crippen LogP contribution is -2.21. The second-order valence-electron chi connectivity index (χ2n) is 2.96. The third-order valence-corrected chi connectivity index (χ3v) is 3.62. The van der Waals surface area contributed by atoms with Crippen LogP contribution in [0.2, 0.25) is 5.02 Å². The molecular formula is C9H8Cl2N4S. The monoisotopic (exact) mass is 274 g/mol. The first kappa shape index (κ1) is 11.6. The fraction of sp³-hybridized carbons (Fsp3) is 0.111. The number of halogens is 2. The Bertz CT molecular complexity index is 473. The van der Waals surface area contributed by atoms with Gasteiger partial charge in [0.25, 0.3) is 0 Å². The molecule has 0 saturated carbocycles. The van der Waals surface area contributed by atoms with Crippen LogP contribution in [-0.2, 0) is 0 Å². The highest BCUT2D eigenvalue weighted by molar-refractivity contribution is 8.14. The molecule has 16 heavy (non-hydrogen) atoms. The van der Waals surface area contributed by atoms with Crippen molar-refractivity contribution in [1.29, 1.82) is 0 Å². The van der Waals surface area contributed by atoms with Crippen LogP contribution in [0.4, 0.5) is 5.82 Å². The summed E-state index contributed by atoms with van der Waals surface area (Å²) in [5, 5.41) is 4.83. The standard InChI is InChI=1S/C9H8Cl2N4S/c10-6-3-15-7(4-14-6)16-5-1-2-13-9(12)8(5)11/h1-3,14H,4H2,(H2,12,13). The molecule has 2 heterocycles. The molecule has 0 amide bonds. The number of rotatable bonds is 1. The lowest BCUT2D eigenvalue weighted by molar-refractivity contribution is 0.975. The topological polar surface area (TPSA) is 63.3 Å². The Labute approximate surface area is 107 Å². The van der Waals surface area contributed by atoms with E-state index in [1.807, 2.05) is 0 Å². The smallest absolute Gasteiger partial charge is 0.143 e. The summed E-state index contributed by atoms with van der Waals surface area (Å²) in [4.78, 5) is 8.90. The number of hydrogen-bond donors (Lipinski definition) is 2. The van der Waals surface area contributed by atoms with E-state index in [9.17, 15) is 0 Å². The summed E-state index contributed by atoms with van der Waals surface area (Å²) in [6, 6.07) is 1.80. The van der Waals surface area contributed by atoms with Crippen LogP contribution in [0.25, 0.3) is 0 Å². The zero-order chi connectivity index (χ0) is 11.5. The van der Waals surface area contributed by atoms with Crippen molar-refractivity contribution in [3.63, 3.8) is 0 Å². The summed E-state index contributed by atoms with van der Waals surface area (Å²) in [6.07, 6.45) is 3.18. The van der Waals surface area contributed by atoms with Gasteiger partial charge in [-0.25, -0.2) is 9.98 Å². The molecule has 3 N–H and O–H groups in total. The van der Waals surface area contributed by atoms with Gasteiger partial charge in [0.1, 0.15) is 11.0 Å². The molecule has 4 nitrogen and oxygen atoms in total. The van der Waals surface area contributed by atoms with Crippen molar-refractivity contribution in [2.75, 3.05) is 12.3 Å². The lowest BCUT2D eigenvalue weighted by Gasteiger charge is -2.12. The molecule has 0 aromatic carbocycles. The van der Waals surface area contributed by atoms with Crippen molar-refractivity contribution in [1.82, 2.24) is 10.3 Å². The van der Waals surface area contributed by atoms with Gasteiger partial charge in [0, 0.05) is 11.1 Å². The zero-order valence-electron chi connectivity index (χ0n) is 8.08. The van der Waals surface area contributed by atoms with Gasteiger partial charge < -0.3 is 11.1 Å². The average Bonchev–Trinajstić information content (AvgIpc) is 2.28. The van der Waals surface area contributed by atoms with Gasteiger partial charge in [0.05, 0.1) is 22.8 Å². The van der Waals surface area contributed by atoms with E-state index in [4.69, 9.17) is 28.9 Å². The second-order valence-corrected chi connectivity index (χ2v) is 4.86. The SMILES string of the molecule is Nc1nccc(SC2=NC=C(Cl)NC2)c1Cl. The summed E-state index contributed by atoms with van der Waals surface area (Å²) < 4.78 is 0. The van der Waals surface area contributed by atoms with Crippen LogP contribution >= 0.6 is 35.0 Å². The summed E-state index contributed by atoms with van der Waals surface area (Å²) in [6.45, 7) is 0.582. The maximum atomic E-state index is 6.02. The Balaban J connectivity index is 2.19. The van der Waals surface area contributed by atoms with E-state index in [-0.39, 0.29) is 0 Å². The molecule has 0 unspecified atom stereocenters. The van der Waals surface area contributed by atoms with Crippen LogP contribution in [0.1, 0.15) is 0 Å². The first-order chi connectivity index (χ1) is 7.66. The number of thioether (sulfide) groups is 1. The van der Waals surface area contributed by atoms with E-state index in [1.165, 1.54) is 11.8 Å². The molecule has 0 fully saturated rings. The molecule has 84 valence electrons. The number of nitrogens with two attached hydrogens (primary N) is 1. The van der Waals surface area contributed by atoms with E-state index < -0.39 is 0 Å². The molecule has 0 bridgehead atoms. The third-order valence-electron chi connectivity index (χ3n) is 1.84. The minimum absolute atomic E-state index is 0.324. The first-order valence-electron chi connectivity index (χ1n) is 4.41. The van der Waals surface area contributed by atoms with Crippen LogP contribution in [0.15, 0.2) is 33.5 Å². The fourth-order valence-corrected chi connectivity index (χ4v) is 2.26. The number of anilines is 1. The highest BCUT2D eigenvalue weighted by Crippen LogP contribution is 2.31. The second kappa shape index (κ2) is 4.95. The van der Waals surface area contributed by atoms with Crippen molar-refractivity contribution in [2.24, 2.45) is 4.99 Å². The minimum atomic E-state index is 0.324. The largest absolute Gasteiger partial charge is 0.382 e. The lowest BCUT2D eigenvalue weighted by atomic mass is 10.5. The number of aromatic nitrogens is 1. The average molecular weight is 275 g/mol. The van der Waals surface area contributed by atoms with Crippen LogP contribution in [-0.4, -0.2) is 16.6 Å². The van der Waals surface area contributed by atoms with Gasteiger partial charge in [-0.15, -0.1) is 0 Å². The van der Waals surface area contributed by atoms with Crippen molar-refractivity contribution in [2.45, 2.75) is 4.90 Å². The minimum Gasteiger partial charge on any atom is -0.382 e. The Morgan fingerprint density at radius 1 is 1.44 bits per heavy atom. The van der Waals surface area contributed by atoms with E-state index in [0.29, 0.717) is 22.5 Å². The molecule has 0 atom stereocenters. The van der Waals surface area contributed by atoms with Crippen molar-refractivity contribution in [3.8, 4) is 0 Å². The number of nitrogen functional groups attached to an aromatic ring is 1. The molecule has 0 spiro atoms. The summed E-state index contributed by atoms with van der Waals surface area (Å²) >= 11 is 13.2. The summed E-state index contributed by atoms with van der Waals surface area (Å²) in [5.74, 6) is 0.324. The van der Waals surface area contributed by atoms with E-state index >= 15 is 0 Å². The van der Waals surface area contributed by atoms with Gasteiger partial charge in [-0.3, -0.25) is 0 Å². The zero-order valence-corrected chi connectivity index (χ0v) is 10.4. The number of aliphatic imine (C=N–C) groups is 1.